The first-order valence-corrected chi connectivity index (χ1v) is 8.78. The van der Waals surface area contributed by atoms with Crippen LogP contribution in [0.15, 0.2) is 42.5 Å². The van der Waals surface area contributed by atoms with Crippen LogP contribution < -0.4 is 5.32 Å². The highest BCUT2D eigenvalue weighted by Gasteiger charge is 2.47. The summed E-state index contributed by atoms with van der Waals surface area (Å²) in [5, 5.41) is 5.70. The highest BCUT2D eigenvalue weighted by Crippen LogP contribution is 2.43. The number of carbonyl (C=O) groups excluding carboxylic acids is 1. The Labute approximate surface area is 136 Å². The molecule has 2 aromatic carbocycles. The van der Waals surface area contributed by atoms with Crippen molar-refractivity contribution in [2.75, 3.05) is 19.6 Å². The van der Waals surface area contributed by atoms with Gasteiger partial charge in [0, 0.05) is 31.2 Å². The van der Waals surface area contributed by atoms with E-state index >= 15 is 0 Å². The Balaban J connectivity index is 1.38. The molecule has 5 atom stereocenters. The second-order valence-electron chi connectivity index (χ2n) is 7.64. The van der Waals surface area contributed by atoms with Crippen LogP contribution >= 0.6 is 0 Å². The Kier molecular flexibility index (Phi) is 2.99. The molecular weight excluding hydrogens is 284 g/mol. The molecule has 4 fully saturated rings. The molecule has 3 heteroatoms. The van der Waals surface area contributed by atoms with Crippen molar-refractivity contribution < 1.29 is 4.79 Å². The van der Waals surface area contributed by atoms with Crippen molar-refractivity contribution in [2.45, 2.75) is 18.9 Å². The second kappa shape index (κ2) is 5.07. The molecule has 1 amide bonds. The van der Waals surface area contributed by atoms with Crippen LogP contribution in [0.25, 0.3) is 10.8 Å². The van der Waals surface area contributed by atoms with Gasteiger partial charge in [0.25, 0.3) is 5.91 Å². The summed E-state index contributed by atoms with van der Waals surface area (Å²) < 4.78 is 0. The van der Waals surface area contributed by atoms with Crippen molar-refractivity contribution in [3.8, 4) is 0 Å². The Bertz CT molecular complexity index is 741. The second-order valence-corrected chi connectivity index (χ2v) is 7.64. The summed E-state index contributed by atoms with van der Waals surface area (Å²) in [7, 11) is 0. The number of nitrogens with one attached hydrogen (secondary N) is 1. The first-order chi connectivity index (χ1) is 11.3. The van der Waals surface area contributed by atoms with Gasteiger partial charge in [0.1, 0.15) is 0 Å². The van der Waals surface area contributed by atoms with Crippen LogP contribution in [0.3, 0.4) is 0 Å². The summed E-state index contributed by atoms with van der Waals surface area (Å²) in [6.07, 6.45) is 2.60. The lowest BCUT2D eigenvalue weighted by molar-refractivity contribution is -0.0418. The zero-order valence-electron chi connectivity index (χ0n) is 13.2. The fourth-order valence-corrected chi connectivity index (χ4v) is 5.21. The number of benzene rings is 2. The van der Waals surface area contributed by atoms with Crippen LogP contribution in [0.1, 0.15) is 23.2 Å². The first-order valence-electron chi connectivity index (χ1n) is 8.78. The number of hydrogen-bond acceptors (Lipinski definition) is 2. The number of fused-ring (bicyclic) bond motifs is 1. The maximum atomic E-state index is 12.8. The van der Waals surface area contributed by atoms with E-state index in [9.17, 15) is 4.79 Å². The van der Waals surface area contributed by atoms with Crippen LogP contribution in [0.2, 0.25) is 0 Å². The van der Waals surface area contributed by atoms with Crippen molar-refractivity contribution in [3.63, 3.8) is 0 Å². The van der Waals surface area contributed by atoms with Crippen molar-refractivity contribution >= 4 is 16.7 Å². The first kappa shape index (κ1) is 13.6. The lowest BCUT2D eigenvalue weighted by atomic mass is 9.65. The number of nitrogens with zero attached hydrogens (tertiary/aromatic N) is 1. The third-order valence-electron chi connectivity index (χ3n) is 6.10. The largest absolute Gasteiger partial charge is 0.349 e. The van der Waals surface area contributed by atoms with Gasteiger partial charge in [-0.25, -0.2) is 0 Å². The maximum Gasteiger partial charge on any atom is 0.251 e. The molecule has 3 unspecified atom stereocenters. The topological polar surface area (TPSA) is 32.3 Å². The van der Waals surface area contributed by atoms with Crippen molar-refractivity contribution in [1.29, 1.82) is 0 Å². The minimum atomic E-state index is 0.100. The molecule has 2 aromatic rings. The normalized spacial score (nSPS) is 34.7. The minimum absolute atomic E-state index is 0.100. The smallest absolute Gasteiger partial charge is 0.251 e. The van der Waals surface area contributed by atoms with E-state index in [1.54, 1.807) is 0 Å². The third kappa shape index (κ3) is 2.26. The van der Waals surface area contributed by atoms with Gasteiger partial charge in [-0.15, -0.1) is 0 Å². The van der Waals surface area contributed by atoms with Gasteiger partial charge in [0.15, 0.2) is 0 Å². The molecular formula is C20H22N2O. The predicted octanol–water partition coefficient (Wildman–Crippen LogP) is 2.91. The molecule has 3 aliphatic heterocycles. The Morgan fingerprint density at radius 1 is 0.957 bits per heavy atom. The summed E-state index contributed by atoms with van der Waals surface area (Å²) in [4.78, 5) is 15.4. The van der Waals surface area contributed by atoms with E-state index in [0.717, 1.165) is 16.9 Å². The standard InChI is InChI=1S/C20H22N2O/c23-20(16-6-5-14-3-1-2-4-15(14)9-16)21-19-17-7-13-8-18(19)12-22(10-13)11-17/h1-6,9,13,17-19H,7-8,10-12H2,(H,21,23)/t13?,17-,18+,19?. The van der Waals surface area contributed by atoms with E-state index in [4.69, 9.17) is 0 Å². The van der Waals surface area contributed by atoms with E-state index in [2.05, 4.69) is 22.3 Å². The lowest BCUT2D eigenvalue weighted by Gasteiger charge is -2.55. The predicted molar refractivity (Wildman–Crippen MR) is 91.3 cm³/mol. The van der Waals surface area contributed by atoms with Gasteiger partial charge in [0.05, 0.1) is 0 Å². The summed E-state index contributed by atoms with van der Waals surface area (Å²) >= 11 is 0. The molecule has 3 heterocycles. The van der Waals surface area contributed by atoms with Gasteiger partial charge in [-0.3, -0.25) is 4.79 Å². The van der Waals surface area contributed by atoms with Crippen LogP contribution in [-0.4, -0.2) is 36.5 Å². The average Bonchev–Trinajstić information content (AvgIpc) is 2.57. The van der Waals surface area contributed by atoms with Crippen molar-refractivity contribution in [3.05, 3.63) is 48.0 Å². The SMILES string of the molecule is O=C(NC1[C@@H]2CC3C[C@H]1CN(C3)C2)c1ccc2ccccc2c1. The van der Waals surface area contributed by atoms with Gasteiger partial charge in [-0.05, 0) is 53.5 Å². The number of rotatable bonds is 2. The molecule has 4 bridgehead atoms. The molecule has 1 saturated carbocycles. The number of hydrogen-bond donors (Lipinski definition) is 1. The summed E-state index contributed by atoms with van der Waals surface area (Å²) in [6.45, 7) is 3.64. The van der Waals surface area contributed by atoms with Gasteiger partial charge >= 0.3 is 0 Å². The Hall–Kier alpha value is -1.87. The highest BCUT2D eigenvalue weighted by molar-refractivity contribution is 5.98. The molecule has 0 spiro atoms. The average molecular weight is 306 g/mol. The van der Waals surface area contributed by atoms with Gasteiger partial charge in [0.2, 0.25) is 0 Å². The maximum absolute atomic E-state index is 12.8. The molecule has 23 heavy (non-hydrogen) atoms. The minimum Gasteiger partial charge on any atom is -0.349 e. The Morgan fingerprint density at radius 2 is 1.70 bits per heavy atom. The van der Waals surface area contributed by atoms with Crippen molar-refractivity contribution in [2.24, 2.45) is 17.8 Å². The van der Waals surface area contributed by atoms with E-state index in [0.29, 0.717) is 17.9 Å². The van der Waals surface area contributed by atoms with Gasteiger partial charge < -0.3 is 10.2 Å². The molecule has 118 valence electrons. The fraction of sp³-hybridized carbons (Fsp3) is 0.450. The fourth-order valence-electron chi connectivity index (χ4n) is 5.21. The lowest BCUT2D eigenvalue weighted by Crippen LogP contribution is -2.64. The number of amides is 1. The van der Waals surface area contributed by atoms with E-state index in [1.807, 2.05) is 30.3 Å². The number of piperidine rings is 3. The molecule has 0 aromatic heterocycles. The van der Waals surface area contributed by atoms with Gasteiger partial charge in [-0.1, -0.05) is 30.3 Å². The molecule has 3 nitrogen and oxygen atoms in total. The third-order valence-corrected chi connectivity index (χ3v) is 6.10. The van der Waals surface area contributed by atoms with Crippen LogP contribution in [0, 0.1) is 17.8 Å². The zero-order valence-corrected chi connectivity index (χ0v) is 13.2. The van der Waals surface area contributed by atoms with Crippen LogP contribution in [0.5, 0.6) is 0 Å². The molecule has 1 aliphatic carbocycles. The highest BCUT2D eigenvalue weighted by atomic mass is 16.1. The van der Waals surface area contributed by atoms with Crippen LogP contribution in [0.4, 0.5) is 0 Å². The Morgan fingerprint density at radius 3 is 2.43 bits per heavy atom. The monoisotopic (exact) mass is 306 g/mol. The molecule has 4 aliphatic rings. The van der Waals surface area contributed by atoms with Crippen LogP contribution in [-0.2, 0) is 0 Å². The molecule has 1 N–H and O–H groups in total. The molecule has 0 radical (unpaired) electrons. The molecule has 3 saturated heterocycles. The van der Waals surface area contributed by atoms with Crippen molar-refractivity contribution in [1.82, 2.24) is 10.2 Å². The van der Waals surface area contributed by atoms with Gasteiger partial charge in [-0.2, -0.15) is 0 Å². The quantitative estimate of drug-likeness (QED) is 0.925. The zero-order chi connectivity index (χ0) is 15.4. The molecule has 6 rings (SSSR count). The van der Waals surface area contributed by atoms with E-state index < -0.39 is 0 Å². The summed E-state index contributed by atoms with van der Waals surface area (Å²) in [5.41, 5.74) is 0.790. The van der Waals surface area contributed by atoms with E-state index in [-0.39, 0.29) is 5.91 Å². The van der Waals surface area contributed by atoms with E-state index in [1.165, 1.54) is 37.9 Å². The number of carbonyl (C=O) groups is 1. The summed E-state index contributed by atoms with van der Waals surface area (Å²) in [5.74, 6) is 2.29. The summed E-state index contributed by atoms with van der Waals surface area (Å²) in [6, 6.07) is 14.6.